The highest BCUT2D eigenvalue weighted by Crippen LogP contribution is 2.24. The number of fused-ring (bicyclic) bond motifs is 1. The van der Waals surface area contributed by atoms with E-state index in [1.807, 2.05) is 37.3 Å². The number of hydrogen-bond donors (Lipinski definition) is 0. The summed E-state index contributed by atoms with van der Waals surface area (Å²) < 4.78 is 4.32. The number of halogens is 1. The SMILES string of the molecule is C=CCn1c(=O)c2c(ncn2[C@@H](C)c2ccccc2)n(-c2ccccc2Cl)c1=O. The van der Waals surface area contributed by atoms with Crippen LogP contribution in [0.25, 0.3) is 16.9 Å². The Labute approximate surface area is 171 Å². The van der Waals surface area contributed by atoms with E-state index in [0.717, 1.165) is 10.1 Å². The minimum Gasteiger partial charge on any atom is -0.317 e. The molecule has 0 aliphatic rings. The quantitative estimate of drug-likeness (QED) is 0.473. The fourth-order valence-corrected chi connectivity index (χ4v) is 3.69. The number of para-hydroxylation sites is 1. The number of rotatable bonds is 5. The van der Waals surface area contributed by atoms with Crippen LogP contribution in [-0.2, 0) is 6.54 Å². The van der Waals surface area contributed by atoms with Gasteiger partial charge in [-0.3, -0.25) is 9.36 Å². The van der Waals surface area contributed by atoms with Gasteiger partial charge in [0.05, 0.1) is 23.1 Å². The molecule has 0 amide bonds. The van der Waals surface area contributed by atoms with E-state index >= 15 is 0 Å². The van der Waals surface area contributed by atoms with Crippen LogP contribution in [0.1, 0.15) is 18.5 Å². The van der Waals surface area contributed by atoms with Gasteiger partial charge in [0.15, 0.2) is 11.2 Å². The molecule has 0 aliphatic carbocycles. The van der Waals surface area contributed by atoms with Crippen LogP contribution in [0, 0.1) is 0 Å². The summed E-state index contributed by atoms with van der Waals surface area (Å²) in [5.74, 6) is 0. The van der Waals surface area contributed by atoms with Crippen molar-refractivity contribution in [1.82, 2.24) is 18.7 Å². The van der Waals surface area contributed by atoms with Gasteiger partial charge in [-0.05, 0) is 24.6 Å². The Hall–Kier alpha value is -3.38. The van der Waals surface area contributed by atoms with Crippen LogP contribution in [-0.4, -0.2) is 18.7 Å². The highest BCUT2D eigenvalue weighted by atomic mass is 35.5. The van der Waals surface area contributed by atoms with E-state index in [9.17, 15) is 9.59 Å². The van der Waals surface area contributed by atoms with Gasteiger partial charge in [0.2, 0.25) is 0 Å². The van der Waals surface area contributed by atoms with Crippen LogP contribution in [0.5, 0.6) is 0 Å². The molecule has 0 aliphatic heterocycles. The summed E-state index contributed by atoms with van der Waals surface area (Å²) in [6.45, 7) is 5.75. The molecule has 4 rings (SSSR count). The van der Waals surface area contributed by atoms with Crippen molar-refractivity contribution in [2.24, 2.45) is 0 Å². The Morgan fingerprint density at radius 2 is 1.79 bits per heavy atom. The van der Waals surface area contributed by atoms with Crippen LogP contribution in [0.15, 0.2) is 83.2 Å². The van der Waals surface area contributed by atoms with Gasteiger partial charge in [-0.2, -0.15) is 0 Å². The molecule has 2 heterocycles. The van der Waals surface area contributed by atoms with E-state index in [1.165, 1.54) is 10.6 Å². The van der Waals surface area contributed by atoms with Crippen LogP contribution in [0.2, 0.25) is 5.02 Å². The zero-order valence-electron chi connectivity index (χ0n) is 15.8. The number of allylic oxidation sites excluding steroid dienone is 1. The summed E-state index contributed by atoms with van der Waals surface area (Å²) in [4.78, 5) is 30.8. The average Bonchev–Trinajstić information content (AvgIpc) is 3.17. The van der Waals surface area contributed by atoms with E-state index in [-0.39, 0.29) is 18.2 Å². The predicted molar refractivity (Wildman–Crippen MR) is 115 cm³/mol. The summed E-state index contributed by atoms with van der Waals surface area (Å²) >= 11 is 6.36. The highest BCUT2D eigenvalue weighted by Gasteiger charge is 2.22. The van der Waals surface area contributed by atoms with Gasteiger partial charge in [0.25, 0.3) is 5.56 Å². The molecule has 2 aromatic heterocycles. The van der Waals surface area contributed by atoms with E-state index in [0.29, 0.717) is 16.2 Å². The number of aromatic nitrogens is 4. The number of imidazole rings is 1. The molecule has 146 valence electrons. The first-order chi connectivity index (χ1) is 14.0. The van der Waals surface area contributed by atoms with E-state index < -0.39 is 11.2 Å². The molecule has 0 unspecified atom stereocenters. The Morgan fingerprint density at radius 3 is 2.48 bits per heavy atom. The molecule has 29 heavy (non-hydrogen) atoms. The summed E-state index contributed by atoms with van der Waals surface area (Å²) in [6.07, 6.45) is 3.11. The second-order valence-corrected chi connectivity index (χ2v) is 7.09. The zero-order chi connectivity index (χ0) is 20.5. The normalized spacial score (nSPS) is 12.2. The molecule has 0 radical (unpaired) electrons. The average molecular weight is 407 g/mol. The maximum Gasteiger partial charge on any atom is 0.337 e. The molecule has 0 bridgehead atoms. The topological polar surface area (TPSA) is 61.8 Å². The van der Waals surface area contributed by atoms with E-state index in [2.05, 4.69) is 11.6 Å². The van der Waals surface area contributed by atoms with E-state index in [4.69, 9.17) is 11.6 Å². The van der Waals surface area contributed by atoms with Gasteiger partial charge in [-0.1, -0.05) is 60.1 Å². The largest absolute Gasteiger partial charge is 0.337 e. The first-order valence-electron chi connectivity index (χ1n) is 9.17. The fraction of sp³-hybridized carbons (Fsp3) is 0.136. The molecule has 0 spiro atoms. The van der Waals surface area contributed by atoms with Crippen molar-refractivity contribution in [3.05, 3.63) is 105 Å². The highest BCUT2D eigenvalue weighted by molar-refractivity contribution is 6.32. The molecule has 7 heteroatoms. The number of nitrogens with zero attached hydrogens (tertiary/aromatic N) is 4. The van der Waals surface area contributed by atoms with Crippen molar-refractivity contribution < 1.29 is 0 Å². The Balaban J connectivity index is 2.09. The lowest BCUT2D eigenvalue weighted by Gasteiger charge is -2.16. The van der Waals surface area contributed by atoms with Crippen molar-refractivity contribution >= 4 is 22.8 Å². The lowest BCUT2D eigenvalue weighted by atomic mass is 10.1. The van der Waals surface area contributed by atoms with Crippen molar-refractivity contribution in [2.45, 2.75) is 19.5 Å². The van der Waals surface area contributed by atoms with Crippen LogP contribution < -0.4 is 11.2 Å². The lowest BCUT2D eigenvalue weighted by Crippen LogP contribution is -2.40. The van der Waals surface area contributed by atoms with Crippen molar-refractivity contribution in [3.8, 4) is 5.69 Å². The molecule has 0 saturated heterocycles. The molecule has 0 saturated carbocycles. The first-order valence-corrected chi connectivity index (χ1v) is 9.55. The Kier molecular flexibility index (Phi) is 4.94. The van der Waals surface area contributed by atoms with Gasteiger partial charge >= 0.3 is 5.69 Å². The third-order valence-corrected chi connectivity index (χ3v) is 5.28. The van der Waals surface area contributed by atoms with Gasteiger partial charge in [-0.15, -0.1) is 6.58 Å². The second-order valence-electron chi connectivity index (χ2n) is 6.68. The molecular formula is C22H19ClN4O2. The summed E-state index contributed by atoms with van der Waals surface area (Å²) in [5.41, 5.74) is 1.19. The molecule has 4 aromatic rings. The molecular weight excluding hydrogens is 388 g/mol. The number of hydrogen-bond acceptors (Lipinski definition) is 3. The summed E-state index contributed by atoms with van der Waals surface area (Å²) in [6, 6.07) is 16.6. The second kappa shape index (κ2) is 7.56. The third-order valence-electron chi connectivity index (χ3n) is 4.96. The minimum atomic E-state index is -0.506. The van der Waals surface area contributed by atoms with Gasteiger partial charge in [-0.25, -0.2) is 14.3 Å². The predicted octanol–water partition coefficient (Wildman–Crippen LogP) is 3.80. The maximum absolute atomic E-state index is 13.2. The van der Waals surface area contributed by atoms with Crippen molar-refractivity contribution in [3.63, 3.8) is 0 Å². The van der Waals surface area contributed by atoms with Crippen LogP contribution in [0.4, 0.5) is 0 Å². The van der Waals surface area contributed by atoms with Crippen molar-refractivity contribution in [1.29, 1.82) is 0 Å². The standard InChI is InChI=1S/C22H19ClN4O2/c1-3-13-25-21(28)19-20(27(22(25)29)18-12-8-7-11-17(18)23)24-14-26(19)15(2)16-9-5-4-6-10-16/h3-12,14-15H,1,13H2,2H3/t15-/m0/s1. The minimum absolute atomic E-state index is 0.0863. The monoisotopic (exact) mass is 406 g/mol. The molecule has 1 atom stereocenters. The molecule has 6 nitrogen and oxygen atoms in total. The third kappa shape index (κ3) is 3.11. The Bertz CT molecular complexity index is 1320. The van der Waals surface area contributed by atoms with Crippen LogP contribution >= 0.6 is 11.6 Å². The van der Waals surface area contributed by atoms with Crippen LogP contribution in [0.3, 0.4) is 0 Å². The molecule has 0 fully saturated rings. The van der Waals surface area contributed by atoms with Gasteiger partial charge < -0.3 is 4.57 Å². The summed E-state index contributed by atoms with van der Waals surface area (Å²) in [7, 11) is 0. The van der Waals surface area contributed by atoms with Crippen molar-refractivity contribution in [2.75, 3.05) is 0 Å². The molecule has 0 N–H and O–H groups in total. The number of benzene rings is 2. The lowest BCUT2D eigenvalue weighted by molar-refractivity contribution is 0.642. The Morgan fingerprint density at radius 1 is 1.10 bits per heavy atom. The van der Waals surface area contributed by atoms with E-state index in [1.54, 1.807) is 35.2 Å². The summed E-state index contributed by atoms with van der Waals surface area (Å²) in [5, 5.41) is 0.394. The first kappa shape index (κ1) is 19.0. The van der Waals surface area contributed by atoms with Gasteiger partial charge in [0, 0.05) is 6.54 Å². The van der Waals surface area contributed by atoms with Gasteiger partial charge in [0.1, 0.15) is 0 Å². The maximum atomic E-state index is 13.2. The fourth-order valence-electron chi connectivity index (χ4n) is 3.47. The molecule has 2 aromatic carbocycles. The smallest absolute Gasteiger partial charge is 0.317 e. The zero-order valence-corrected chi connectivity index (χ0v) is 16.6.